The zero-order valence-corrected chi connectivity index (χ0v) is 8.62. The van der Waals surface area contributed by atoms with Crippen LogP contribution in [0.4, 0.5) is 13.2 Å². The van der Waals surface area contributed by atoms with Gasteiger partial charge in [0, 0.05) is 17.7 Å². The third kappa shape index (κ3) is 2.26. The molecule has 1 aliphatic rings. The first-order valence-corrected chi connectivity index (χ1v) is 4.85. The number of ether oxygens (including phenoxy) is 1. The lowest BCUT2D eigenvalue weighted by atomic mass is 10.1. The summed E-state index contributed by atoms with van der Waals surface area (Å²) in [6, 6.07) is 0. The van der Waals surface area contributed by atoms with Crippen LogP contribution in [0.15, 0.2) is 0 Å². The number of alkyl halides is 3. The average molecular weight is 250 g/mol. The molecule has 1 aliphatic heterocycles. The van der Waals surface area contributed by atoms with Crippen LogP contribution in [0.1, 0.15) is 17.0 Å². The number of carboxylic acids is 1. The fourth-order valence-corrected chi connectivity index (χ4v) is 1.80. The van der Waals surface area contributed by atoms with Crippen molar-refractivity contribution in [3.05, 3.63) is 17.0 Å². The predicted octanol–water partition coefficient (Wildman–Crippen LogP) is 1.06. The Morgan fingerprint density at radius 2 is 2.24 bits per heavy atom. The number of rotatable bonds is 2. The van der Waals surface area contributed by atoms with Gasteiger partial charge in [-0.2, -0.15) is 18.3 Å². The van der Waals surface area contributed by atoms with Crippen molar-refractivity contribution in [2.75, 3.05) is 6.61 Å². The van der Waals surface area contributed by atoms with Crippen molar-refractivity contribution < 1.29 is 27.8 Å². The van der Waals surface area contributed by atoms with Gasteiger partial charge in [0.25, 0.3) is 0 Å². The molecule has 5 nitrogen and oxygen atoms in total. The van der Waals surface area contributed by atoms with Gasteiger partial charge in [0.15, 0.2) is 5.69 Å². The Balaban J connectivity index is 2.47. The van der Waals surface area contributed by atoms with Crippen molar-refractivity contribution in [2.24, 2.45) is 0 Å². The number of hydrogen-bond donors (Lipinski definition) is 1. The van der Waals surface area contributed by atoms with E-state index in [4.69, 9.17) is 9.84 Å². The van der Waals surface area contributed by atoms with Crippen LogP contribution in [0.5, 0.6) is 0 Å². The van der Waals surface area contributed by atoms with Crippen molar-refractivity contribution in [1.82, 2.24) is 9.78 Å². The van der Waals surface area contributed by atoms with E-state index in [2.05, 4.69) is 5.10 Å². The van der Waals surface area contributed by atoms with Crippen LogP contribution in [-0.4, -0.2) is 27.5 Å². The molecule has 17 heavy (non-hydrogen) atoms. The number of aromatic nitrogens is 2. The van der Waals surface area contributed by atoms with Crippen molar-refractivity contribution in [3.8, 4) is 0 Å². The van der Waals surface area contributed by atoms with Gasteiger partial charge in [-0.05, 0) is 0 Å². The lowest BCUT2D eigenvalue weighted by Crippen LogP contribution is -2.17. The molecule has 0 radical (unpaired) electrons. The number of nitrogens with zero attached hydrogens (tertiary/aromatic N) is 2. The molecule has 1 N–H and O–H groups in total. The molecule has 0 saturated carbocycles. The first kappa shape index (κ1) is 11.9. The molecule has 1 aromatic heterocycles. The van der Waals surface area contributed by atoms with E-state index in [1.165, 1.54) is 0 Å². The lowest BCUT2D eigenvalue weighted by molar-refractivity contribution is -0.144. The summed E-state index contributed by atoms with van der Waals surface area (Å²) in [5.74, 6) is -1.23. The van der Waals surface area contributed by atoms with Crippen molar-refractivity contribution in [2.45, 2.75) is 25.7 Å². The third-order valence-corrected chi connectivity index (χ3v) is 2.45. The molecule has 0 bridgehead atoms. The maximum absolute atomic E-state index is 12.6. The second kappa shape index (κ2) is 4.02. The van der Waals surface area contributed by atoms with Gasteiger partial charge in [-0.1, -0.05) is 0 Å². The van der Waals surface area contributed by atoms with Gasteiger partial charge in [-0.15, -0.1) is 0 Å². The van der Waals surface area contributed by atoms with E-state index in [1.54, 1.807) is 0 Å². The standard InChI is InChI=1S/C9H9F3N2O3/c10-9(11,12)8-5-4-17-2-1-6(5)14(13-8)3-7(15)16/h1-4H2,(H,15,16). The summed E-state index contributed by atoms with van der Waals surface area (Å²) in [6.45, 7) is -0.474. The SMILES string of the molecule is O=C(O)Cn1nc(C(F)(F)F)c2c1CCOC2. The molecule has 0 unspecified atom stereocenters. The Morgan fingerprint density at radius 3 is 2.82 bits per heavy atom. The molecule has 2 rings (SSSR count). The molecule has 0 fully saturated rings. The predicted molar refractivity (Wildman–Crippen MR) is 48.2 cm³/mol. The van der Waals surface area contributed by atoms with Gasteiger partial charge in [-0.3, -0.25) is 9.48 Å². The Hall–Kier alpha value is -1.57. The van der Waals surface area contributed by atoms with E-state index in [1.807, 2.05) is 0 Å². The fraction of sp³-hybridized carbons (Fsp3) is 0.556. The summed E-state index contributed by atoms with van der Waals surface area (Å²) < 4.78 is 43.8. The van der Waals surface area contributed by atoms with Crippen LogP contribution >= 0.6 is 0 Å². The average Bonchev–Trinajstić information content (AvgIpc) is 2.56. The minimum atomic E-state index is -4.59. The molecule has 2 heterocycles. The minimum absolute atomic E-state index is 0.0509. The Morgan fingerprint density at radius 1 is 1.53 bits per heavy atom. The van der Waals surface area contributed by atoms with Crippen LogP contribution in [-0.2, 0) is 35.3 Å². The molecular weight excluding hydrogens is 241 g/mol. The topological polar surface area (TPSA) is 64.3 Å². The summed E-state index contributed by atoms with van der Waals surface area (Å²) in [5.41, 5.74) is -0.801. The van der Waals surface area contributed by atoms with Gasteiger partial charge in [0.1, 0.15) is 6.54 Å². The Labute approximate surface area is 93.8 Å². The summed E-state index contributed by atoms with van der Waals surface area (Å²) in [5, 5.41) is 11.9. The van der Waals surface area contributed by atoms with Gasteiger partial charge in [0.05, 0.1) is 13.2 Å². The van der Waals surface area contributed by atoms with Crippen LogP contribution in [0, 0.1) is 0 Å². The van der Waals surface area contributed by atoms with E-state index in [-0.39, 0.29) is 25.2 Å². The minimum Gasteiger partial charge on any atom is -0.480 e. The van der Waals surface area contributed by atoms with E-state index >= 15 is 0 Å². The number of carbonyl (C=O) groups is 1. The molecule has 94 valence electrons. The second-order valence-electron chi connectivity index (χ2n) is 3.63. The number of fused-ring (bicyclic) bond motifs is 1. The molecular formula is C9H9F3N2O3. The molecule has 0 aliphatic carbocycles. The van der Waals surface area contributed by atoms with Gasteiger partial charge in [0.2, 0.25) is 0 Å². The molecule has 0 amide bonds. The van der Waals surface area contributed by atoms with E-state index in [0.717, 1.165) is 4.68 Å². The molecule has 0 aromatic carbocycles. The van der Waals surface area contributed by atoms with Crippen molar-refractivity contribution in [3.63, 3.8) is 0 Å². The highest BCUT2D eigenvalue weighted by Crippen LogP contribution is 2.34. The quantitative estimate of drug-likeness (QED) is 0.852. The lowest BCUT2D eigenvalue weighted by Gasteiger charge is -2.14. The third-order valence-electron chi connectivity index (χ3n) is 2.45. The number of carboxylic acid groups (broad SMARTS) is 1. The fourth-order valence-electron chi connectivity index (χ4n) is 1.80. The maximum Gasteiger partial charge on any atom is 0.435 e. The Bertz CT molecular complexity index is 453. The largest absolute Gasteiger partial charge is 0.480 e. The first-order chi connectivity index (χ1) is 7.89. The maximum atomic E-state index is 12.6. The molecule has 1 aromatic rings. The van der Waals surface area contributed by atoms with Gasteiger partial charge in [-0.25, -0.2) is 0 Å². The zero-order valence-electron chi connectivity index (χ0n) is 8.62. The monoisotopic (exact) mass is 250 g/mol. The number of hydrogen-bond acceptors (Lipinski definition) is 3. The molecule has 0 spiro atoms. The zero-order chi connectivity index (χ0) is 12.6. The highest BCUT2D eigenvalue weighted by Gasteiger charge is 2.40. The first-order valence-electron chi connectivity index (χ1n) is 4.85. The van der Waals surface area contributed by atoms with Crippen LogP contribution < -0.4 is 0 Å². The summed E-state index contributed by atoms with van der Waals surface area (Å²) in [4.78, 5) is 10.5. The van der Waals surface area contributed by atoms with Crippen molar-refractivity contribution in [1.29, 1.82) is 0 Å². The van der Waals surface area contributed by atoms with Crippen LogP contribution in [0.25, 0.3) is 0 Å². The van der Waals surface area contributed by atoms with Gasteiger partial charge < -0.3 is 9.84 Å². The summed E-state index contributed by atoms with van der Waals surface area (Å²) in [7, 11) is 0. The molecule has 0 saturated heterocycles. The summed E-state index contributed by atoms with van der Waals surface area (Å²) in [6.07, 6.45) is -4.35. The summed E-state index contributed by atoms with van der Waals surface area (Å²) >= 11 is 0. The molecule has 8 heteroatoms. The number of aliphatic carboxylic acids is 1. The Kier molecular flexibility index (Phi) is 2.82. The van der Waals surface area contributed by atoms with Crippen LogP contribution in [0.2, 0.25) is 0 Å². The highest BCUT2D eigenvalue weighted by molar-refractivity contribution is 5.66. The smallest absolute Gasteiger partial charge is 0.435 e. The van der Waals surface area contributed by atoms with E-state index in [9.17, 15) is 18.0 Å². The number of halogens is 3. The van der Waals surface area contributed by atoms with Gasteiger partial charge >= 0.3 is 12.1 Å². The molecule has 0 atom stereocenters. The van der Waals surface area contributed by atoms with Crippen LogP contribution in [0.3, 0.4) is 0 Å². The second-order valence-corrected chi connectivity index (χ2v) is 3.63. The highest BCUT2D eigenvalue weighted by atomic mass is 19.4. The van der Waals surface area contributed by atoms with E-state index in [0.29, 0.717) is 5.69 Å². The van der Waals surface area contributed by atoms with Crippen molar-refractivity contribution >= 4 is 5.97 Å². The van der Waals surface area contributed by atoms with E-state index < -0.39 is 24.4 Å². The normalized spacial score (nSPS) is 15.7.